The quantitative estimate of drug-likeness (QED) is 0.271. The molecule has 9 heteroatoms. The van der Waals surface area contributed by atoms with E-state index in [1.807, 2.05) is 62.3 Å². The molecule has 1 atom stereocenters. The largest absolute Gasteiger partial charge is 0.369 e. The van der Waals surface area contributed by atoms with Crippen LogP contribution in [-0.2, 0) is 20.1 Å². The molecule has 2 fully saturated rings. The molecular formula is C34H40F2N6O. The maximum absolute atomic E-state index is 14.1. The lowest BCUT2D eigenvalue weighted by atomic mass is 10.0. The number of alkyl halides is 2. The van der Waals surface area contributed by atoms with Gasteiger partial charge in [-0.2, -0.15) is 0 Å². The summed E-state index contributed by atoms with van der Waals surface area (Å²) < 4.78 is 30.2. The minimum absolute atomic E-state index is 0.00469. The molecule has 5 heterocycles. The van der Waals surface area contributed by atoms with Gasteiger partial charge in [-0.25, -0.2) is 8.78 Å². The second-order valence-electron chi connectivity index (χ2n) is 12.3. The van der Waals surface area contributed by atoms with Crippen LogP contribution >= 0.6 is 0 Å². The topological polar surface area (TPSA) is 57.5 Å². The fourth-order valence-electron chi connectivity index (χ4n) is 6.64. The van der Waals surface area contributed by atoms with E-state index in [-0.39, 0.29) is 24.4 Å². The predicted octanol–water partition coefficient (Wildman–Crippen LogP) is 5.85. The highest BCUT2D eigenvalue weighted by molar-refractivity contribution is 5.83. The third kappa shape index (κ3) is 6.56. The van der Waals surface area contributed by atoms with Crippen LogP contribution in [0.2, 0.25) is 0 Å². The zero-order valence-corrected chi connectivity index (χ0v) is 25.3. The van der Waals surface area contributed by atoms with Gasteiger partial charge >= 0.3 is 0 Å². The van der Waals surface area contributed by atoms with Gasteiger partial charge in [-0.05, 0) is 81.1 Å². The fourth-order valence-corrected chi connectivity index (χ4v) is 6.64. The summed E-state index contributed by atoms with van der Waals surface area (Å²) in [7, 11) is 1.93. The minimum Gasteiger partial charge on any atom is -0.369 e. The van der Waals surface area contributed by atoms with Crippen LogP contribution in [-0.4, -0.2) is 57.6 Å². The Morgan fingerprint density at radius 3 is 2.53 bits per heavy atom. The maximum Gasteiger partial charge on any atom is 0.265 e. The molecule has 1 unspecified atom stereocenters. The highest BCUT2D eigenvalue weighted by Gasteiger charge is 2.35. The van der Waals surface area contributed by atoms with Gasteiger partial charge in [-0.1, -0.05) is 0 Å². The second kappa shape index (κ2) is 12.0. The molecular weight excluding hydrogens is 546 g/mol. The lowest BCUT2D eigenvalue weighted by molar-refractivity contribution is -0.0116. The van der Waals surface area contributed by atoms with Crippen LogP contribution in [0.15, 0.2) is 65.8 Å². The summed E-state index contributed by atoms with van der Waals surface area (Å²) >= 11 is 0. The van der Waals surface area contributed by atoms with E-state index in [0.717, 1.165) is 59.8 Å². The molecule has 2 saturated heterocycles. The number of piperidine rings is 2. The molecule has 226 valence electrons. The van der Waals surface area contributed by atoms with Crippen molar-refractivity contribution in [1.82, 2.24) is 19.4 Å². The van der Waals surface area contributed by atoms with Crippen molar-refractivity contribution in [3.63, 3.8) is 0 Å². The smallest absolute Gasteiger partial charge is 0.265 e. The Morgan fingerprint density at radius 1 is 0.953 bits per heavy atom. The van der Waals surface area contributed by atoms with Crippen molar-refractivity contribution in [3.05, 3.63) is 93.8 Å². The maximum atomic E-state index is 14.1. The predicted molar refractivity (Wildman–Crippen MR) is 168 cm³/mol. The van der Waals surface area contributed by atoms with Gasteiger partial charge in [-0.3, -0.25) is 19.7 Å². The van der Waals surface area contributed by atoms with E-state index in [0.29, 0.717) is 31.4 Å². The summed E-state index contributed by atoms with van der Waals surface area (Å²) in [6.45, 7) is 7.35. The van der Waals surface area contributed by atoms with Crippen molar-refractivity contribution in [2.24, 2.45) is 7.05 Å². The molecule has 3 aromatic heterocycles. The van der Waals surface area contributed by atoms with Crippen LogP contribution in [0.1, 0.15) is 48.2 Å². The van der Waals surface area contributed by atoms with E-state index >= 15 is 0 Å². The number of aryl methyl sites for hydroxylation is 3. The number of hydrogen-bond acceptors (Lipinski definition) is 6. The molecule has 7 nitrogen and oxygen atoms in total. The Morgan fingerprint density at radius 2 is 1.77 bits per heavy atom. The minimum atomic E-state index is -2.69. The number of benzene rings is 1. The zero-order chi connectivity index (χ0) is 30.1. The summed E-state index contributed by atoms with van der Waals surface area (Å²) in [6, 6.07) is 14.1. The molecule has 43 heavy (non-hydrogen) atoms. The zero-order valence-electron chi connectivity index (χ0n) is 25.3. The van der Waals surface area contributed by atoms with Gasteiger partial charge in [0.2, 0.25) is 0 Å². The summed E-state index contributed by atoms with van der Waals surface area (Å²) in [5.74, 6) is -2.69. The first kappa shape index (κ1) is 29.2. The number of aromatic nitrogens is 3. The molecule has 0 radical (unpaired) electrons. The summed E-state index contributed by atoms with van der Waals surface area (Å²) in [6.07, 6.45) is 8.19. The Labute approximate surface area is 251 Å². The molecule has 0 bridgehead atoms. The van der Waals surface area contributed by atoms with Crippen LogP contribution < -0.4 is 15.2 Å². The number of anilines is 2. The van der Waals surface area contributed by atoms with Gasteiger partial charge in [0.25, 0.3) is 5.92 Å². The van der Waals surface area contributed by atoms with Crippen LogP contribution in [0.4, 0.5) is 20.2 Å². The number of hydrogen-bond donors (Lipinski definition) is 0. The molecule has 4 aromatic rings. The number of pyridine rings is 3. The lowest BCUT2D eigenvalue weighted by Gasteiger charge is -2.40. The summed E-state index contributed by atoms with van der Waals surface area (Å²) in [4.78, 5) is 29.4. The average molecular weight is 587 g/mol. The third-order valence-corrected chi connectivity index (χ3v) is 8.90. The van der Waals surface area contributed by atoms with Crippen LogP contribution in [0.25, 0.3) is 10.9 Å². The first-order valence-electron chi connectivity index (χ1n) is 15.2. The van der Waals surface area contributed by atoms with E-state index in [9.17, 15) is 13.6 Å². The van der Waals surface area contributed by atoms with E-state index in [4.69, 9.17) is 0 Å². The molecule has 2 aliphatic rings. The van der Waals surface area contributed by atoms with Gasteiger partial charge in [0.15, 0.2) is 5.43 Å². The van der Waals surface area contributed by atoms with Crippen molar-refractivity contribution in [1.29, 1.82) is 0 Å². The highest BCUT2D eigenvalue weighted by Crippen LogP contribution is 2.31. The molecule has 1 aromatic carbocycles. The fraction of sp³-hybridized carbons (Fsp3) is 0.441. The van der Waals surface area contributed by atoms with Crippen LogP contribution in [0, 0.1) is 13.8 Å². The van der Waals surface area contributed by atoms with Crippen LogP contribution in [0.3, 0.4) is 0 Å². The van der Waals surface area contributed by atoms with E-state index in [1.165, 1.54) is 5.56 Å². The molecule has 0 spiro atoms. The Balaban J connectivity index is 1.30. The van der Waals surface area contributed by atoms with Crippen LogP contribution in [0.5, 0.6) is 0 Å². The first-order valence-corrected chi connectivity index (χ1v) is 15.2. The van der Waals surface area contributed by atoms with Crippen molar-refractivity contribution in [3.8, 4) is 0 Å². The molecule has 6 rings (SSSR count). The number of rotatable bonds is 7. The first-order chi connectivity index (χ1) is 20.6. The van der Waals surface area contributed by atoms with E-state index < -0.39 is 5.92 Å². The normalized spacial score (nSPS) is 18.9. The Bertz CT molecular complexity index is 1650. The van der Waals surface area contributed by atoms with E-state index in [2.05, 4.69) is 44.0 Å². The van der Waals surface area contributed by atoms with E-state index in [1.54, 1.807) is 4.90 Å². The van der Waals surface area contributed by atoms with Gasteiger partial charge in [0.1, 0.15) is 0 Å². The highest BCUT2D eigenvalue weighted by atomic mass is 19.3. The molecule has 0 N–H and O–H groups in total. The van der Waals surface area contributed by atoms with Crippen molar-refractivity contribution >= 4 is 22.3 Å². The van der Waals surface area contributed by atoms with Gasteiger partial charge in [0, 0.05) is 92.7 Å². The monoisotopic (exact) mass is 586 g/mol. The Hall–Kier alpha value is -3.85. The molecule has 0 aliphatic carbocycles. The standard InChI is InChI=1S/C34H40F2N6O/c1-24-7-8-29(18-38-24)40-14-4-6-30(22-40)42(19-26-11-13-37-25(2)16-26)21-27-20-39(3)32-17-28(9-10-31(32)33(27)43)41-15-5-12-34(35,36)23-41/h7-11,13,16-18,20,30H,4-6,12,14-15,19,21-23H2,1-3H3. The molecule has 0 saturated carbocycles. The van der Waals surface area contributed by atoms with Crippen molar-refractivity contribution in [2.45, 2.75) is 64.6 Å². The molecule has 2 aliphatic heterocycles. The third-order valence-electron chi connectivity index (χ3n) is 8.90. The average Bonchev–Trinajstić information content (AvgIpc) is 2.99. The number of fused-ring (bicyclic) bond motifs is 1. The number of halogens is 2. The second-order valence-corrected chi connectivity index (χ2v) is 12.3. The summed E-state index contributed by atoms with van der Waals surface area (Å²) in [5.41, 5.74) is 6.48. The van der Waals surface area contributed by atoms with Crippen molar-refractivity contribution < 1.29 is 8.78 Å². The molecule has 0 amide bonds. The van der Waals surface area contributed by atoms with Gasteiger partial charge < -0.3 is 14.4 Å². The lowest BCUT2D eigenvalue weighted by Crippen LogP contribution is -2.48. The number of nitrogens with zero attached hydrogens (tertiary/aromatic N) is 6. The Kier molecular flexibility index (Phi) is 8.18. The summed E-state index contributed by atoms with van der Waals surface area (Å²) in [5, 5.41) is 0.614. The van der Waals surface area contributed by atoms with Gasteiger partial charge in [-0.15, -0.1) is 0 Å². The van der Waals surface area contributed by atoms with Crippen molar-refractivity contribution in [2.75, 3.05) is 36.0 Å². The van der Waals surface area contributed by atoms with Gasteiger partial charge in [0.05, 0.1) is 23.9 Å². The SMILES string of the molecule is Cc1ccc(N2CCCC(N(Cc3ccnc(C)c3)Cc3cn(C)c4cc(N5CCCC(F)(F)C5)ccc4c3=O)C2)cn1.